The summed E-state index contributed by atoms with van der Waals surface area (Å²) in [6.45, 7) is 0. The van der Waals surface area contributed by atoms with Gasteiger partial charge in [-0.3, -0.25) is 0 Å². The largest absolute Gasteiger partial charge is 0.353 e. The molecule has 0 atom stereocenters. The zero-order valence-electron chi connectivity index (χ0n) is 29.0. The third-order valence-electron chi connectivity index (χ3n) is 10.2. The summed E-state index contributed by atoms with van der Waals surface area (Å²) >= 11 is 1.84. The minimum atomic E-state index is 0.789. The number of hydrogen-bond acceptors (Lipinski definition) is 4. The lowest BCUT2D eigenvalue weighted by Crippen LogP contribution is -2.41. The van der Waals surface area contributed by atoms with Gasteiger partial charge in [0, 0.05) is 49.5 Å². The van der Waals surface area contributed by atoms with Gasteiger partial charge in [0.15, 0.2) is 7.28 Å². The first-order chi connectivity index (χ1) is 26.3. The number of hydrogen-bond donors (Lipinski definition) is 1. The molecule has 8 aromatic rings. The van der Waals surface area contributed by atoms with E-state index >= 15 is 0 Å². The molecule has 0 aromatic heterocycles. The van der Waals surface area contributed by atoms with E-state index in [1.165, 1.54) is 54.3 Å². The molecule has 53 heavy (non-hydrogen) atoms. The van der Waals surface area contributed by atoms with Crippen molar-refractivity contribution in [3.63, 3.8) is 0 Å². The van der Waals surface area contributed by atoms with Crippen LogP contribution in [0.5, 0.6) is 0 Å². The fraction of sp³-hybridized carbons (Fsp3) is 0. The van der Waals surface area contributed by atoms with E-state index in [-0.39, 0.29) is 0 Å². The van der Waals surface area contributed by atoms with Crippen LogP contribution >= 0.6 is 11.8 Å². The van der Waals surface area contributed by atoms with Gasteiger partial charge in [-0.15, -0.1) is 0 Å². The number of anilines is 8. The molecule has 0 radical (unpaired) electrons. The summed E-state index contributed by atoms with van der Waals surface area (Å²) in [6, 6.07) is 70.0. The Morgan fingerprint density at radius 2 is 1.11 bits per heavy atom. The van der Waals surface area contributed by atoms with Crippen LogP contribution < -0.4 is 26.0 Å². The standard InChI is InChI=1S/C48H34BN3S/c1-5-16-33(17-6-1)34-30-40(39-24-15-27-46-48(39)50-42-25-13-14-26-45(42)53-46)47-44(31-34)52(37-22-11-4-12-23-37)43-29-28-38(32-41(43)49-47)51(35-18-7-2-8-19-35)36-20-9-3-10-21-36/h1-32,49-50H. The van der Waals surface area contributed by atoms with Crippen molar-refractivity contribution in [2.75, 3.05) is 15.1 Å². The molecular weight excluding hydrogens is 661 g/mol. The Morgan fingerprint density at radius 3 is 1.85 bits per heavy atom. The Morgan fingerprint density at radius 1 is 0.472 bits per heavy atom. The van der Waals surface area contributed by atoms with Crippen molar-refractivity contribution in [1.82, 2.24) is 0 Å². The lowest BCUT2D eigenvalue weighted by Gasteiger charge is -2.36. The molecule has 0 spiro atoms. The summed E-state index contributed by atoms with van der Waals surface area (Å²) in [6.07, 6.45) is 0. The normalized spacial score (nSPS) is 12.3. The van der Waals surface area contributed by atoms with Crippen molar-refractivity contribution in [3.8, 4) is 22.3 Å². The minimum Gasteiger partial charge on any atom is -0.353 e. The number of para-hydroxylation sites is 5. The van der Waals surface area contributed by atoms with Crippen LogP contribution in [-0.2, 0) is 0 Å². The molecule has 1 N–H and O–H groups in total. The Labute approximate surface area is 315 Å². The zero-order valence-corrected chi connectivity index (χ0v) is 29.8. The predicted octanol–water partition coefficient (Wildman–Crippen LogP) is 11.9. The highest BCUT2D eigenvalue weighted by Crippen LogP contribution is 2.49. The zero-order chi connectivity index (χ0) is 35.1. The molecular formula is C48H34BN3S. The average molecular weight is 696 g/mol. The van der Waals surface area contributed by atoms with Gasteiger partial charge in [-0.1, -0.05) is 126 Å². The minimum absolute atomic E-state index is 0.789. The van der Waals surface area contributed by atoms with E-state index in [2.05, 4.69) is 209 Å². The van der Waals surface area contributed by atoms with Crippen molar-refractivity contribution in [2.45, 2.75) is 9.79 Å². The van der Waals surface area contributed by atoms with Gasteiger partial charge in [-0.25, -0.2) is 0 Å². The number of nitrogens with one attached hydrogen (secondary N) is 1. The van der Waals surface area contributed by atoms with Crippen LogP contribution in [0.25, 0.3) is 22.3 Å². The van der Waals surface area contributed by atoms with Crippen LogP contribution in [0.2, 0.25) is 0 Å². The van der Waals surface area contributed by atoms with E-state index in [9.17, 15) is 0 Å². The predicted molar refractivity (Wildman–Crippen MR) is 227 cm³/mol. The Hall–Kier alpha value is -6.43. The second-order valence-electron chi connectivity index (χ2n) is 13.5. The molecule has 0 fully saturated rings. The lowest BCUT2D eigenvalue weighted by molar-refractivity contribution is 1.26. The highest BCUT2D eigenvalue weighted by molar-refractivity contribution is 7.99. The van der Waals surface area contributed by atoms with E-state index in [4.69, 9.17) is 0 Å². The maximum atomic E-state index is 3.85. The van der Waals surface area contributed by atoms with Gasteiger partial charge in [0.1, 0.15) is 0 Å². The topological polar surface area (TPSA) is 18.5 Å². The van der Waals surface area contributed by atoms with E-state index < -0.39 is 0 Å². The molecule has 2 heterocycles. The molecule has 0 amide bonds. The van der Waals surface area contributed by atoms with E-state index in [1.54, 1.807) is 0 Å². The summed E-state index contributed by atoms with van der Waals surface area (Å²) in [5, 5.41) is 3.85. The maximum Gasteiger partial charge on any atom is 0.198 e. The first kappa shape index (κ1) is 31.3. The smallest absolute Gasteiger partial charge is 0.198 e. The van der Waals surface area contributed by atoms with Crippen LogP contribution in [-0.4, -0.2) is 7.28 Å². The van der Waals surface area contributed by atoms with Gasteiger partial charge in [0.2, 0.25) is 0 Å². The van der Waals surface area contributed by atoms with E-state index in [0.29, 0.717) is 0 Å². The SMILES string of the molecule is B1c2cc(N(c3ccccc3)c3ccccc3)ccc2N(c2ccccc2)c2cc(-c3ccccc3)cc(-c3cccc4c3Nc3ccccc3S4)c21. The fourth-order valence-corrected chi connectivity index (χ4v) is 8.83. The molecule has 250 valence electrons. The molecule has 0 aliphatic carbocycles. The monoisotopic (exact) mass is 695 g/mol. The van der Waals surface area contributed by atoms with Gasteiger partial charge in [0.05, 0.1) is 11.4 Å². The van der Waals surface area contributed by atoms with Gasteiger partial charge in [-0.2, -0.15) is 0 Å². The lowest BCUT2D eigenvalue weighted by atomic mass is 9.57. The highest BCUT2D eigenvalue weighted by Gasteiger charge is 2.31. The van der Waals surface area contributed by atoms with Crippen LogP contribution in [0.15, 0.2) is 204 Å². The molecule has 3 nitrogen and oxygen atoms in total. The van der Waals surface area contributed by atoms with Crippen LogP contribution in [0.3, 0.4) is 0 Å². The van der Waals surface area contributed by atoms with Crippen molar-refractivity contribution >= 4 is 75.5 Å². The fourth-order valence-electron chi connectivity index (χ4n) is 7.81. The number of rotatable bonds is 6. The Balaban J connectivity index is 1.21. The van der Waals surface area contributed by atoms with Crippen molar-refractivity contribution < 1.29 is 0 Å². The van der Waals surface area contributed by atoms with Crippen LogP contribution in [0, 0.1) is 0 Å². The molecule has 0 saturated heterocycles. The number of nitrogens with zero attached hydrogens (tertiary/aromatic N) is 2. The third kappa shape index (κ3) is 5.67. The molecule has 2 aliphatic rings. The molecule has 2 aliphatic heterocycles. The molecule has 0 bridgehead atoms. The van der Waals surface area contributed by atoms with E-state index in [0.717, 1.165) is 41.4 Å². The van der Waals surface area contributed by atoms with E-state index in [1.807, 2.05) is 11.8 Å². The van der Waals surface area contributed by atoms with Crippen molar-refractivity contribution in [2.24, 2.45) is 0 Å². The summed E-state index contributed by atoms with van der Waals surface area (Å²) in [4.78, 5) is 7.31. The highest BCUT2D eigenvalue weighted by atomic mass is 32.2. The first-order valence-electron chi connectivity index (χ1n) is 18.1. The maximum absolute atomic E-state index is 3.85. The second-order valence-corrected chi connectivity index (χ2v) is 14.5. The molecule has 5 heteroatoms. The van der Waals surface area contributed by atoms with Crippen LogP contribution in [0.1, 0.15) is 0 Å². The molecule has 8 aromatic carbocycles. The summed E-state index contributed by atoms with van der Waals surface area (Å²) in [5.74, 6) is 0. The van der Waals surface area contributed by atoms with Gasteiger partial charge >= 0.3 is 0 Å². The average Bonchev–Trinajstić information content (AvgIpc) is 3.23. The number of fused-ring (bicyclic) bond motifs is 4. The summed E-state index contributed by atoms with van der Waals surface area (Å²) in [7, 11) is 0.789. The number of benzene rings is 8. The second kappa shape index (κ2) is 13.3. The van der Waals surface area contributed by atoms with Gasteiger partial charge in [0.25, 0.3) is 0 Å². The summed E-state index contributed by atoms with van der Waals surface area (Å²) < 4.78 is 0. The Kier molecular flexibility index (Phi) is 7.85. The quantitative estimate of drug-likeness (QED) is 0.175. The summed E-state index contributed by atoms with van der Waals surface area (Å²) in [5.41, 5.74) is 16.7. The Bertz CT molecular complexity index is 2560. The first-order valence-corrected chi connectivity index (χ1v) is 18.9. The molecule has 0 unspecified atom stereocenters. The molecule has 10 rings (SSSR count). The van der Waals surface area contributed by atoms with Crippen LogP contribution in [0.4, 0.5) is 45.5 Å². The van der Waals surface area contributed by atoms with Crippen molar-refractivity contribution in [1.29, 1.82) is 0 Å². The van der Waals surface area contributed by atoms with Gasteiger partial charge < -0.3 is 15.1 Å². The van der Waals surface area contributed by atoms with Crippen molar-refractivity contribution in [3.05, 3.63) is 194 Å². The van der Waals surface area contributed by atoms with Gasteiger partial charge in [-0.05, 0) is 107 Å². The third-order valence-corrected chi connectivity index (χ3v) is 11.4. The molecule has 0 saturated carbocycles.